The van der Waals surface area contributed by atoms with Gasteiger partial charge in [-0.25, -0.2) is 4.68 Å². The Balaban J connectivity index is 1.14. The standard InChI is InChI=1S/C22H24N4O4/c23-9-15-4-5-20-16(6-15)7-17(12-29-20)24-22(27)19-8-21-26(25-19)10-18(30-21)13-28-11-14-2-1-3-14/h4-6,8,14,17-18H,1-3,7,10-13H2,(H,24,27)/t17-,18?/m1/s1. The van der Waals surface area contributed by atoms with Crippen molar-refractivity contribution in [3.63, 3.8) is 0 Å². The zero-order valence-corrected chi connectivity index (χ0v) is 16.7. The third-order valence-electron chi connectivity index (χ3n) is 5.95. The van der Waals surface area contributed by atoms with E-state index in [1.54, 1.807) is 28.9 Å². The van der Waals surface area contributed by atoms with Gasteiger partial charge in [0.15, 0.2) is 5.69 Å². The number of benzene rings is 1. The lowest BCUT2D eigenvalue weighted by molar-refractivity contribution is 0.0237. The fourth-order valence-corrected chi connectivity index (χ4v) is 4.07. The van der Waals surface area contributed by atoms with Gasteiger partial charge in [-0.3, -0.25) is 4.79 Å². The van der Waals surface area contributed by atoms with Crippen LogP contribution >= 0.6 is 0 Å². The first-order valence-corrected chi connectivity index (χ1v) is 10.5. The molecule has 5 rings (SSSR count). The molecular weight excluding hydrogens is 384 g/mol. The van der Waals surface area contributed by atoms with Gasteiger partial charge in [-0.05, 0) is 48.9 Å². The number of nitrogens with one attached hydrogen (secondary N) is 1. The number of hydrogen-bond acceptors (Lipinski definition) is 6. The maximum absolute atomic E-state index is 12.6. The van der Waals surface area contributed by atoms with Gasteiger partial charge >= 0.3 is 0 Å². The molecule has 1 aliphatic carbocycles. The second-order valence-electron chi connectivity index (χ2n) is 8.24. The number of aromatic nitrogens is 2. The van der Waals surface area contributed by atoms with Crippen LogP contribution in [0.1, 0.15) is 40.9 Å². The molecule has 30 heavy (non-hydrogen) atoms. The molecule has 1 fully saturated rings. The lowest BCUT2D eigenvalue weighted by Gasteiger charge is -2.26. The van der Waals surface area contributed by atoms with Crippen LogP contribution in [0.3, 0.4) is 0 Å². The molecule has 3 aliphatic rings. The van der Waals surface area contributed by atoms with Gasteiger partial charge in [-0.1, -0.05) is 6.42 Å². The van der Waals surface area contributed by atoms with Crippen LogP contribution in [0.4, 0.5) is 0 Å². The van der Waals surface area contributed by atoms with Crippen LogP contribution in [0, 0.1) is 17.2 Å². The molecule has 1 aromatic carbocycles. The Morgan fingerprint density at radius 1 is 1.33 bits per heavy atom. The lowest BCUT2D eigenvalue weighted by Crippen LogP contribution is -2.43. The van der Waals surface area contributed by atoms with E-state index in [0.717, 1.165) is 17.9 Å². The summed E-state index contributed by atoms with van der Waals surface area (Å²) in [5.74, 6) is 1.81. The molecular formula is C22H24N4O4. The second-order valence-corrected chi connectivity index (χ2v) is 8.24. The van der Waals surface area contributed by atoms with Crippen molar-refractivity contribution < 1.29 is 19.0 Å². The van der Waals surface area contributed by atoms with E-state index in [4.69, 9.17) is 19.5 Å². The van der Waals surface area contributed by atoms with Crippen LogP contribution in [-0.4, -0.2) is 47.7 Å². The molecule has 2 aliphatic heterocycles. The monoisotopic (exact) mass is 408 g/mol. The number of nitrogens with zero attached hydrogens (tertiary/aromatic N) is 3. The molecule has 1 aromatic heterocycles. The highest BCUT2D eigenvalue weighted by Crippen LogP contribution is 2.28. The zero-order chi connectivity index (χ0) is 20.5. The smallest absolute Gasteiger partial charge is 0.272 e. The molecule has 0 bridgehead atoms. The number of hydrogen-bond donors (Lipinski definition) is 1. The van der Waals surface area contributed by atoms with E-state index in [0.29, 0.717) is 49.2 Å². The third-order valence-corrected chi connectivity index (χ3v) is 5.95. The highest BCUT2D eigenvalue weighted by Gasteiger charge is 2.29. The zero-order valence-electron chi connectivity index (χ0n) is 16.7. The molecule has 2 atom stereocenters. The highest BCUT2D eigenvalue weighted by atomic mass is 16.5. The van der Waals surface area contributed by atoms with E-state index in [9.17, 15) is 4.79 Å². The van der Waals surface area contributed by atoms with Crippen LogP contribution in [-0.2, 0) is 17.7 Å². The highest BCUT2D eigenvalue weighted by molar-refractivity contribution is 5.92. The van der Waals surface area contributed by atoms with Gasteiger partial charge in [0.2, 0.25) is 5.88 Å². The number of ether oxygens (including phenoxy) is 3. The van der Waals surface area contributed by atoms with Crippen molar-refractivity contribution in [2.45, 2.75) is 44.4 Å². The van der Waals surface area contributed by atoms with Gasteiger partial charge < -0.3 is 19.5 Å². The van der Waals surface area contributed by atoms with Gasteiger partial charge in [0.05, 0.1) is 30.8 Å². The predicted octanol–water partition coefficient (Wildman–Crippen LogP) is 2.07. The quantitative estimate of drug-likeness (QED) is 0.786. The summed E-state index contributed by atoms with van der Waals surface area (Å²) in [5, 5.41) is 16.4. The molecule has 0 spiro atoms. The van der Waals surface area contributed by atoms with Crippen molar-refractivity contribution in [2.24, 2.45) is 5.92 Å². The first-order chi connectivity index (χ1) is 14.7. The number of amides is 1. The molecule has 1 unspecified atom stereocenters. The fraction of sp³-hybridized carbons (Fsp3) is 0.500. The molecule has 1 amide bonds. The van der Waals surface area contributed by atoms with Gasteiger partial charge in [0, 0.05) is 12.7 Å². The van der Waals surface area contributed by atoms with Crippen LogP contribution < -0.4 is 14.8 Å². The van der Waals surface area contributed by atoms with Crippen LogP contribution in [0.15, 0.2) is 24.3 Å². The van der Waals surface area contributed by atoms with Crippen molar-refractivity contribution in [3.8, 4) is 17.7 Å². The molecule has 0 radical (unpaired) electrons. The largest absolute Gasteiger partial charge is 0.491 e. The molecule has 156 valence electrons. The minimum atomic E-state index is -0.258. The Labute approximate surface area is 174 Å². The summed E-state index contributed by atoms with van der Waals surface area (Å²) >= 11 is 0. The summed E-state index contributed by atoms with van der Waals surface area (Å²) < 4.78 is 19.1. The first kappa shape index (κ1) is 18.9. The Morgan fingerprint density at radius 3 is 3.00 bits per heavy atom. The summed E-state index contributed by atoms with van der Waals surface area (Å²) in [6, 6.07) is 8.96. The third kappa shape index (κ3) is 3.85. The summed E-state index contributed by atoms with van der Waals surface area (Å²) in [6.07, 6.45) is 4.41. The van der Waals surface area contributed by atoms with E-state index in [1.165, 1.54) is 19.3 Å². The number of carbonyl (C=O) groups excluding carboxylic acids is 1. The topological polar surface area (TPSA) is 98.4 Å². The van der Waals surface area contributed by atoms with Gasteiger partial charge in [0.25, 0.3) is 5.91 Å². The van der Waals surface area contributed by atoms with Gasteiger partial charge in [0.1, 0.15) is 18.5 Å². The second kappa shape index (κ2) is 8.00. The average molecular weight is 408 g/mol. The van der Waals surface area contributed by atoms with E-state index < -0.39 is 0 Å². The lowest BCUT2D eigenvalue weighted by atomic mass is 9.86. The number of fused-ring (bicyclic) bond motifs is 2. The maximum atomic E-state index is 12.6. The SMILES string of the molecule is N#Cc1ccc2c(c1)C[C@@H](NC(=O)c1cc3n(n1)CC(COCC1CCC1)O3)CO2. The van der Waals surface area contributed by atoms with Crippen molar-refractivity contribution in [3.05, 3.63) is 41.1 Å². The molecule has 1 saturated carbocycles. The van der Waals surface area contributed by atoms with E-state index in [2.05, 4.69) is 16.5 Å². The Bertz CT molecular complexity index is 968. The molecule has 1 N–H and O–H groups in total. The molecule has 2 aromatic rings. The fourth-order valence-electron chi connectivity index (χ4n) is 4.07. The van der Waals surface area contributed by atoms with Crippen LogP contribution in [0.5, 0.6) is 11.6 Å². The molecule has 8 heteroatoms. The Hall–Kier alpha value is -3.05. The summed E-state index contributed by atoms with van der Waals surface area (Å²) in [7, 11) is 0. The van der Waals surface area contributed by atoms with Gasteiger partial charge in [-0.2, -0.15) is 10.4 Å². The molecule has 0 saturated heterocycles. The minimum Gasteiger partial charge on any atom is -0.491 e. The van der Waals surface area contributed by atoms with Crippen molar-refractivity contribution in [1.82, 2.24) is 15.1 Å². The van der Waals surface area contributed by atoms with E-state index in [-0.39, 0.29) is 18.1 Å². The molecule has 3 heterocycles. The number of carbonyl (C=O) groups is 1. The summed E-state index contributed by atoms with van der Waals surface area (Å²) in [4.78, 5) is 12.6. The molecule has 8 nitrogen and oxygen atoms in total. The van der Waals surface area contributed by atoms with E-state index >= 15 is 0 Å². The average Bonchev–Trinajstić information content (AvgIpc) is 3.28. The van der Waals surface area contributed by atoms with Crippen molar-refractivity contribution in [2.75, 3.05) is 19.8 Å². The normalized spacial score (nSPS) is 22.1. The first-order valence-electron chi connectivity index (χ1n) is 10.5. The Kier molecular flexibility index (Phi) is 5.05. The van der Waals surface area contributed by atoms with Crippen LogP contribution in [0.2, 0.25) is 0 Å². The summed E-state index contributed by atoms with van der Waals surface area (Å²) in [5.41, 5.74) is 1.83. The minimum absolute atomic E-state index is 0.0535. The Morgan fingerprint density at radius 2 is 2.23 bits per heavy atom. The van der Waals surface area contributed by atoms with Gasteiger partial charge in [-0.15, -0.1) is 0 Å². The van der Waals surface area contributed by atoms with Crippen molar-refractivity contribution in [1.29, 1.82) is 5.26 Å². The predicted molar refractivity (Wildman–Crippen MR) is 106 cm³/mol. The van der Waals surface area contributed by atoms with Crippen LogP contribution in [0.25, 0.3) is 0 Å². The maximum Gasteiger partial charge on any atom is 0.272 e. The van der Waals surface area contributed by atoms with E-state index in [1.807, 2.05) is 0 Å². The summed E-state index contributed by atoms with van der Waals surface area (Å²) in [6.45, 7) is 2.32. The number of nitriles is 1. The number of rotatable bonds is 6. The van der Waals surface area contributed by atoms with Crippen molar-refractivity contribution >= 4 is 5.91 Å².